The fraction of sp³-hybridized carbons (Fsp3) is 0.417. The minimum atomic E-state index is -0.598. The monoisotopic (exact) mass is 410 g/mol. The van der Waals surface area contributed by atoms with Gasteiger partial charge in [0.25, 0.3) is 5.91 Å². The number of amides is 2. The third-order valence-corrected chi connectivity index (χ3v) is 5.48. The van der Waals surface area contributed by atoms with Gasteiger partial charge in [0.2, 0.25) is 5.91 Å². The minimum Gasteiger partial charge on any atom is -0.493 e. The largest absolute Gasteiger partial charge is 0.493 e. The summed E-state index contributed by atoms with van der Waals surface area (Å²) in [6.07, 6.45) is 4.28. The van der Waals surface area contributed by atoms with E-state index in [2.05, 4.69) is 5.32 Å². The van der Waals surface area contributed by atoms with Gasteiger partial charge in [0, 0.05) is 12.6 Å². The first-order valence-electron chi connectivity index (χ1n) is 10.5. The van der Waals surface area contributed by atoms with Crippen molar-refractivity contribution < 1.29 is 19.1 Å². The molecule has 1 aliphatic carbocycles. The summed E-state index contributed by atoms with van der Waals surface area (Å²) in [5.74, 6) is 0.685. The maximum absolute atomic E-state index is 13.1. The number of hydrogen-bond acceptors (Lipinski definition) is 4. The topological polar surface area (TPSA) is 67.9 Å². The van der Waals surface area contributed by atoms with Crippen LogP contribution in [0.25, 0.3) is 0 Å². The predicted octanol–water partition coefficient (Wildman–Crippen LogP) is 3.55. The zero-order valence-electron chi connectivity index (χ0n) is 17.7. The van der Waals surface area contributed by atoms with E-state index in [0.29, 0.717) is 18.0 Å². The van der Waals surface area contributed by atoms with Gasteiger partial charge in [-0.3, -0.25) is 9.59 Å². The van der Waals surface area contributed by atoms with Gasteiger partial charge in [0.1, 0.15) is 6.04 Å². The van der Waals surface area contributed by atoms with Crippen LogP contribution in [0, 0.1) is 0 Å². The van der Waals surface area contributed by atoms with Crippen LogP contribution in [-0.4, -0.2) is 42.5 Å². The van der Waals surface area contributed by atoms with Crippen molar-refractivity contribution in [2.75, 3.05) is 13.7 Å². The number of methoxy groups -OCH3 is 1. The van der Waals surface area contributed by atoms with Crippen LogP contribution in [-0.2, 0) is 16.1 Å². The fourth-order valence-electron chi connectivity index (χ4n) is 3.72. The number of benzene rings is 2. The van der Waals surface area contributed by atoms with E-state index < -0.39 is 6.04 Å². The first-order valence-corrected chi connectivity index (χ1v) is 10.5. The number of carbonyl (C=O) groups is 2. The highest BCUT2D eigenvalue weighted by molar-refractivity contribution is 5.88. The highest BCUT2D eigenvalue weighted by atomic mass is 16.5. The van der Waals surface area contributed by atoms with Gasteiger partial charge in [-0.2, -0.15) is 0 Å². The summed E-state index contributed by atoms with van der Waals surface area (Å²) in [6.45, 7) is 1.94. The molecular formula is C24H30N2O4. The van der Waals surface area contributed by atoms with Crippen molar-refractivity contribution in [3.8, 4) is 11.5 Å². The molecule has 0 saturated heterocycles. The van der Waals surface area contributed by atoms with Crippen molar-refractivity contribution >= 4 is 11.8 Å². The van der Waals surface area contributed by atoms with Crippen molar-refractivity contribution in [2.45, 2.75) is 51.2 Å². The van der Waals surface area contributed by atoms with Gasteiger partial charge in [-0.25, -0.2) is 0 Å². The molecule has 0 aromatic heterocycles. The van der Waals surface area contributed by atoms with Crippen molar-refractivity contribution in [3.05, 3.63) is 60.2 Å². The summed E-state index contributed by atoms with van der Waals surface area (Å²) in [6, 6.07) is 16.5. The molecule has 1 fully saturated rings. The van der Waals surface area contributed by atoms with Gasteiger partial charge >= 0.3 is 0 Å². The van der Waals surface area contributed by atoms with E-state index in [1.54, 1.807) is 31.1 Å². The summed E-state index contributed by atoms with van der Waals surface area (Å²) < 4.78 is 11.0. The van der Waals surface area contributed by atoms with E-state index in [1.807, 2.05) is 42.5 Å². The first kappa shape index (κ1) is 21.7. The van der Waals surface area contributed by atoms with Crippen LogP contribution in [0.5, 0.6) is 11.5 Å². The Morgan fingerprint density at radius 3 is 2.33 bits per heavy atom. The lowest BCUT2D eigenvalue weighted by molar-refractivity contribution is -0.142. The Morgan fingerprint density at radius 2 is 1.67 bits per heavy atom. The molecule has 3 rings (SSSR count). The van der Waals surface area contributed by atoms with E-state index in [4.69, 9.17) is 9.47 Å². The summed E-state index contributed by atoms with van der Waals surface area (Å²) in [7, 11) is 1.56. The number of carbonyl (C=O) groups excluding carboxylic acids is 2. The predicted molar refractivity (Wildman–Crippen MR) is 115 cm³/mol. The van der Waals surface area contributed by atoms with Crippen LogP contribution in [0.1, 0.15) is 38.2 Å². The molecule has 0 spiro atoms. The number of rotatable bonds is 9. The molecule has 0 aliphatic heterocycles. The van der Waals surface area contributed by atoms with E-state index in [-0.39, 0.29) is 24.5 Å². The maximum Gasteiger partial charge on any atom is 0.261 e. The Morgan fingerprint density at radius 1 is 1.03 bits per heavy atom. The lowest BCUT2D eigenvalue weighted by atomic mass is 10.1. The molecular weight excluding hydrogens is 380 g/mol. The van der Waals surface area contributed by atoms with E-state index in [1.165, 1.54) is 0 Å². The Kier molecular flexibility index (Phi) is 7.71. The zero-order chi connectivity index (χ0) is 21.3. The molecule has 0 heterocycles. The Hall–Kier alpha value is -3.02. The van der Waals surface area contributed by atoms with Gasteiger partial charge in [-0.05, 0) is 37.5 Å². The molecule has 0 radical (unpaired) electrons. The fourth-order valence-corrected chi connectivity index (χ4v) is 3.72. The summed E-state index contributed by atoms with van der Waals surface area (Å²) in [5.41, 5.74) is 0.962. The van der Waals surface area contributed by atoms with Gasteiger partial charge in [0.05, 0.1) is 7.11 Å². The average Bonchev–Trinajstić information content (AvgIpc) is 3.29. The number of para-hydroxylation sites is 2. The van der Waals surface area contributed by atoms with Crippen molar-refractivity contribution in [1.29, 1.82) is 0 Å². The minimum absolute atomic E-state index is 0.122. The molecule has 1 atom stereocenters. The Balaban J connectivity index is 1.70. The molecule has 2 aromatic rings. The van der Waals surface area contributed by atoms with Crippen LogP contribution in [0.2, 0.25) is 0 Å². The summed E-state index contributed by atoms with van der Waals surface area (Å²) >= 11 is 0. The molecule has 0 unspecified atom stereocenters. The SMILES string of the molecule is COc1ccccc1OCC(=O)N(Cc1ccccc1)[C@H](C)C(=O)NC1CCCC1. The van der Waals surface area contributed by atoms with Gasteiger partial charge in [0.15, 0.2) is 18.1 Å². The highest BCUT2D eigenvalue weighted by Crippen LogP contribution is 2.26. The van der Waals surface area contributed by atoms with E-state index in [9.17, 15) is 9.59 Å². The van der Waals surface area contributed by atoms with Crippen molar-refractivity contribution in [1.82, 2.24) is 10.2 Å². The van der Waals surface area contributed by atoms with E-state index >= 15 is 0 Å². The molecule has 0 bridgehead atoms. The average molecular weight is 411 g/mol. The zero-order valence-corrected chi connectivity index (χ0v) is 17.7. The molecule has 160 valence electrons. The molecule has 6 nitrogen and oxygen atoms in total. The third kappa shape index (κ3) is 5.75. The molecule has 1 saturated carbocycles. The second-order valence-corrected chi connectivity index (χ2v) is 7.61. The van der Waals surface area contributed by atoms with Crippen LogP contribution in [0.4, 0.5) is 0 Å². The molecule has 6 heteroatoms. The molecule has 2 aromatic carbocycles. The lowest BCUT2D eigenvalue weighted by Gasteiger charge is -2.29. The second-order valence-electron chi connectivity index (χ2n) is 7.61. The normalized spacial score (nSPS) is 14.7. The molecule has 2 amide bonds. The number of hydrogen-bond donors (Lipinski definition) is 1. The quantitative estimate of drug-likeness (QED) is 0.687. The van der Waals surface area contributed by atoms with Crippen molar-refractivity contribution in [2.24, 2.45) is 0 Å². The third-order valence-electron chi connectivity index (χ3n) is 5.48. The number of ether oxygens (including phenoxy) is 2. The van der Waals surface area contributed by atoms with Crippen LogP contribution >= 0.6 is 0 Å². The van der Waals surface area contributed by atoms with Crippen LogP contribution in [0.3, 0.4) is 0 Å². The lowest BCUT2D eigenvalue weighted by Crippen LogP contribution is -2.50. The number of nitrogens with one attached hydrogen (secondary N) is 1. The molecule has 1 N–H and O–H groups in total. The Bertz CT molecular complexity index is 834. The molecule has 1 aliphatic rings. The second kappa shape index (κ2) is 10.7. The molecule has 30 heavy (non-hydrogen) atoms. The maximum atomic E-state index is 13.1. The van der Waals surface area contributed by atoms with Gasteiger partial charge in [-0.15, -0.1) is 0 Å². The smallest absolute Gasteiger partial charge is 0.261 e. The summed E-state index contributed by atoms with van der Waals surface area (Å²) in [5, 5.41) is 3.10. The van der Waals surface area contributed by atoms with Crippen LogP contribution in [0.15, 0.2) is 54.6 Å². The van der Waals surface area contributed by atoms with E-state index in [0.717, 1.165) is 31.2 Å². The van der Waals surface area contributed by atoms with Crippen LogP contribution < -0.4 is 14.8 Å². The van der Waals surface area contributed by atoms with Gasteiger partial charge < -0.3 is 19.7 Å². The first-order chi connectivity index (χ1) is 14.6. The van der Waals surface area contributed by atoms with Crippen molar-refractivity contribution in [3.63, 3.8) is 0 Å². The Labute approximate surface area is 178 Å². The van der Waals surface area contributed by atoms with Gasteiger partial charge in [-0.1, -0.05) is 55.3 Å². The number of nitrogens with zero attached hydrogens (tertiary/aromatic N) is 1. The highest BCUT2D eigenvalue weighted by Gasteiger charge is 2.28. The standard InChI is InChI=1S/C24H30N2O4/c1-18(24(28)25-20-12-6-7-13-20)26(16-19-10-4-3-5-11-19)23(27)17-30-22-15-9-8-14-21(22)29-2/h3-5,8-11,14-15,18,20H,6-7,12-13,16-17H2,1-2H3,(H,25,28)/t18-/m1/s1. The summed E-state index contributed by atoms with van der Waals surface area (Å²) in [4.78, 5) is 27.5.